The second kappa shape index (κ2) is 5.78. The Morgan fingerprint density at radius 1 is 1.10 bits per heavy atom. The van der Waals surface area contributed by atoms with Crippen molar-refractivity contribution in [1.29, 1.82) is 0 Å². The lowest BCUT2D eigenvalue weighted by Gasteiger charge is -2.16. The zero-order valence-electron chi connectivity index (χ0n) is 11.8. The number of benzene rings is 2. The monoisotopic (exact) mass is 301 g/mol. The number of carbonyl (C=O) groups is 1. The number of hydrogen-bond acceptors (Lipinski definition) is 2. The minimum absolute atomic E-state index is 0.278. The van der Waals surface area contributed by atoms with Crippen molar-refractivity contribution in [2.24, 2.45) is 0 Å². The minimum atomic E-state index is -0.330. The molecule has 0 radical (unpaired) electrons. The molecule has 0 spiro atoms. The molecule has 1 unspecified atom stereocenters. The highest BCUT2D eigenvalue weighted by Gasteiger charge is 2.16. The number of halogens is 1. The SMILES string of the molecule is CC(=O)OC(CCl)Cn1c2ccccc2c2ccccc21. The molecule has 0 fully saturated rings. The maximum absolute atomic E-state index is 11.2. The van der Waals surface area contributed by atoms with Crippen LogP contribution >= 0.6 is 11.6 Å². The van der Waals surface area contributed by atoms with Crippen LogP contribution in [0.5, 0.6) is 0 Å². The van der Waals surface area contributed by atoms with Crippen molar-refractivity contribution in [3.05, 3.63) is 48.5 Å². The standard InChI is InChI=1S/C17H16ClNO2/c1-12(20)21-13(10-18)11-19-16-8-4-2-6-14(16)15-7-3-5-9-17(15)19/h2-9,13H,10-11H2,1H3. The first-order chi connectivity index (χ1) is 10.2. The molecule has 0 amide bonds. The molecule has 3 nitrogen and oxygen atoms in total. The number of ether oxygens (including phenoxy) is 1. The molecule has 21 heavy (non-hydrogen) atoms. The van der Waals surface area contributed by atoms with E-state index in [0.717, 1.165) is 11.0 Å². The molecule has 3 rings (SSSR count). The smallest absolute Gasteiger partial charge is 0.303 e. The number of nitrogens with zero attached hydrogens (tertiary/aromatic N) is 1. The highest BCUT2D eigenvalue weighted by atomic mass is 35.5. The summed E-state index contributed by atoms with van der Waals surface area (Å²) in [5.74, 6) is -0.0261. The summed E-state index contributed by atoms with van der Waals surface area (Å²) in [4.78, 5) is 11.2. The Bertz CT molecular complexity index is 740. The first-order valence-electron chi connectivity index (χ1n) is 6.90. The van der Waals surface area contributed by atoms with Gasteiger partial charge in [-0.25, -0.2) is 0 Å². The third-order valence-corrected chi connectivity index (χ3v) is 3.92. The zero-order valence-corrected chi connectivity index (χ0v) is 12.5. The molecule has 1 heterocycles. The van der Waals surface area contributed by atoms with E-state index in [2.05, 4.69) is 28.8 Å². The third kappa shape index (κ3) is 2.61. The third-order valence-electron chi connectivity index (χ3n) is 3.57. The first kappa shape index (κ1) is 14.0. The summed E-state index contributed by atoms with van der Waals surface area (Å²) in [5.41, 5.74) is 2.25. The van der Waals surface area contributed by atoms with Crippen LogP contribution in [0.15, 0.2) is 48.5 Å². The Hall–Kier alpha value is -2.00. The van der Waals surface area contributed by atoms with Crippen LogP contribution in [0, 0.1) is 0 Å². The van der Waals surface area contributed by atoms with Gasteiger partial charge >= 0.3 is 5.97 Å². The van der Waals surface area contributed by atoms with Crippen LogP contribution in [0.1, 0.15) is 6.92 Å². The van der Waals surface area contributed by atoms with Gasteiger partial charge in [0, 0.05) is 28.7 Å². The molecule has 2 aromatic carbocycles. The zero-order chi connectivity index (χ0) is 14.8. The average Bonchev–Trinajstić information content (AvgIpc) is 2.81. The lowest BCUT2D eigenvalue weighted by atomic mass is 10.2. The molecule has 4 heteroatoms. The number of alkyl halides is 1. The van der Waals surface area contributed by atoms with Gasteiger partial charge in [0.25, 0.3) is 0 Å². The van der Waals surface area contributed by atoms with Gasteiger partial charge in [-0.1, -0.05) is 36.4 Å². The second-order valence-electron chi connectivity index (χ2n) is 5.03. The van der Waals surface area contributed by atoms with Crippen molar-refractivity contribution in [2.45, 2.75) is 19.6 Å². The molecule has 0 aliphatic heterocycles. The van der Waals surface area contributed by atoms with Gasteiger partial charge in [0.1, 0.15) is 6.10 Å². The molecule has 0 aliphatic rings. The van der Waals surface area contributed by atoms with Gasteiger partial charge in [-0.05, 0) is 12.1 Å². The van der Waals surface area contributed by atoms with Crippen LogP contribution in [0.3, 0.4) is 0 Å². The predicted octanol–water partition coefficient (Wildman–Crippen LogP) is 3.97. The Labute approximate surface area is 128 Å². The molecule has 108 valence electrons. The van der Waals surface area contributed by atoms with E-state index in [1.807, 2.05) is 24.3 Å². The quantitative estimate of drug-likeness (QED) is 0.539. The summed E-state index contributed by atoms with van der Waals surface area (Å²) < 4.78 is 7.45. The van der Waals surface area contributed by atoms with E-state index >= 15 is 0 Å². The van der Waals surface area contributed by atoms with E-state index < -0.39 is 0 Å². The van der Waals surface area contributed by atoms with Crippen LogP contribution in [-0.2, 0) is 16.1 Å². The van der Waals surface area contributed by atoms with Gasteiger partial charge in [-0.2, -0.15) is 0 Å². The van der Waals surface area contributed by atoms with Crippen LogP contribution in [0.25, 0.3) is 21.8 Å². The van der Waals surface area contributed by atoms with E-state index in [4.69, 9.17) is 16.3 Å². The fourth-order valence-corrected chi connectivity index (χ4v) is 2.92. The highest BCUT2D eigenvalue weighted by Crippen LogP contribution is 2.29. The number of rotatable bonds is 4. The number of hydrogen-bond donors (Lipinski definition) is 0. The van der Waals surface area contributed by atoms with E-state index in [1.54, 1.807) is 0 Å². The van der Waals surface area contributed by atoms with Crippen molar-refractivity contribution in [1.82, 2.24) is 4.57 Å². The second-order valence-corrected chi connectivity index (χ2v) is 5.34. The van der Waals surface area contributed by atoms with Crippen molar-refractivity contribution in [3.8, 4) is 0 Å². The summed E-state index contributed by atoms with van der Waals surface area (Å²) in [6.45, 7) is 1.96. The number of aromatic nitrogens is 1. The number of esters is 1. The highest BCUT2D eigenvalue weighted by molar-refractivity contribution is 6.18. The lowest BCUT2D eigenvalue weighted by Crippen LogP contribution is -2.24. The summed E-state index contributed by atoms with van der Waals surface area (Å²) in [6, 6.07) is 16.5. The molecule has 0 saturated heterocycles. The summed E-state index contributed by atoms with van der Waals surface area (Å²) in [7, 11) is 0. The van der Waals surface area contributed by atoms with E-state index in [0.29, 0.717) is 6.54 Å². The van der Waals surface area contributed by atoms with Gasteiger partial charge in [0.05, 0.1) is 12.4 Å². The number of para-hydroxylation sites is 2. The van der Waals surface area contributed by atoms with Gasteiger partial charge in [-0.3, -0.25) is 4.79 Å². The molecule has 0 bridgehead atoms. The Morgan fingerprint density at radius 3 is 2.10 bits per heavy atom. The van der Waals surface area contributed by atoms with E-state index in [9.17, 15) is 4.79 Å². The molecular weight excluding hydrogens is 286 g/mol. The number of fused-ring (bicyclic) bond motifs is 3. The van der Waals surface area contributed by atoms with Crippen molar-refractivity contribution >= 4 is 39.4 Å². The Morgan fingerprint density at radius 2 is 1.62 bits per heavy atom. The van der Waals surface area contributed by atoms with E-state index in [1.165, 1.54) is 17.7 Å². The largest absolute Gasteiger partial charge is 0.459 e. The molecular formula is C17H16ClNO2. The summed E-state index contributed by atoms with van der Waals surface area (Å²) in [6.07, 6.45) is -0.330. The lowest BCUT2D eigenvalue weighted by molar-refractivity contribution is -0.145. The summed E-state index contributed by atoms with van der Waals surface area (Å²) >= 11 is 5.94. The average molecular weight is 302 g/mol. The van der Waals surface area contributed by atoms with Crippen molar-refractivity contribution in [3.63, 3.8) is 0 Å². The van der Waals surface area contributed by atoms with Gasteiger partial charge < -0.3 is 9.30 Å². The first-order valence-corrected chi connectivity index (χ1v) is 7.43. The fourth-order valence-electron chi connectivity index (χ4n) is 2.76. The molecule has 0 saturated carbocycles. The fraction of sp³-hybridized carbons (Fsp3) is 0.235. The molecule has 3 aromatic rings. The van der Waals surface area contributed by atoms with Crippen LogP contribution in [0.4, 0.5) is 0 Å². The topological polar surface area (TPSA) is 31.2 Å². The van der Waals surface area contributed by atoms with Gasteiger partial charge in [0.2, 0.25) is 0 Å². The Kier molecular flexibility index (Phi) is 3.84. The molecule has 1 aromatic heterocycles. The molecule has 0 aliphatic carbocycles. The van der Waals surface area contributed by atoms with Crippen molar-refractivity contribution < 1.29 is 9.53 Å². The predicted molar refractivity (Wildman–Crippen MR) is 85.7 cm³/mol. The number of carbonyl (C=O) groups excluding carboxylic acids is 1. The maximum atomic E-state index is 11.2. The van der Waals surface area contributed by atoms with Crippen LogP contribution < -0.4 is 0 Å². The maximum Gasteiger partial charge on any atom is 0.303 e. The van der Waals surface area contributed by atoms with Gasteiger partial charge in [0.15, 0.2) is 0 Å². The van der Waals surface area contributed by atoms with Crippen LogP contribution in [0.2, 0.25) is 0 Å². The van der Waals surface area contributed by atoms with Gasteiger partial charge in [-0.15, -0.1) is 11.6 Å². The Balaban J connectivity index is 2.13. The van der Waals surface area contributed by atoms with Crippen molar-refractivity contribution in [2.75, 3.05) is 5.88 Å². The minimum Gasteiger partial charge on any atom is -0.459 e. The molecule has 0 N–H and O–H groups in total. The molecule has 1 atom stereocenters. The normalized spacial score (nSPS) is 12.7. The van der Waals surface area contributed by atoms with Crippen LogP contribution in [-0.4, -0.2) is 22.5 Å². The van der Waals surface area contributed by atoms with E-state index in [-0.39, 0.29) is 18.0 Å². The summed E-state index contributed by atoms with van der Waals surface area (Å²) in [5, 5.41) is 2.40.